The molecular formula is C30H35N3O3. The van der Waals surface area contributed by atoms with E-state index in [1.165, 1.54) is 29.6 Å². The van der Waals surface area contributed by atoms with E-state index in [-0.39, 0.29) is 11.9 Å². The number of rotatable bonds is 10. The number of anilines is 2. The maximum atomic E-state index is 12.4. The molecule has 6 heteroatoms. The SMILES string of the molecule is COC(=O)c1ccc(CNC(=O)CCN(C)CCCN2c3ccccc3CCc3ccccc32)cc1. The molecule has 6 nitrogen and oxygen atoms in total. The number of ether oxygens (including phenoxy) is 1. The summed E-state index contributed by atoms with van der Waals surface area (Å²) in [6, 6.07) is 24.5. The van der Waals surface area contributed by atoms with Crippen LogP contribution in [0.1, 0.15) is 39.9 Å². The lowest BCUT2D eigenvalue weighted by Crippen LogP contribution is -2.30. The lowest BCUT2D eigenvalue weighted by molar-refractivity contribution is -0.121. The van der Waals surface area contributed by atoms with Crippen molar-refractivity contribution in [2.24, 2.45) is 0 Å². The van der Waals surface area contributed by atoms with Crippen LogP contribution in [-0.2, 0) is 28.9 Å². The molecule has 0 saturated carbocycles. The number of fused-ring (bicyclic) bond motifs is 2. The van der Waals surface area contributed by atoms with Gasteiger partial charge < -0.3 is 19.9 Å². The second kappa shape index (κ2) is 12.4. The third-order valence-electron chi connectivity index (χ3n) is 6.74. The van der Waals surface area contributed by atoms with Crippen molar-refractivity contribution in [3.63, 3.8) is 0 Å². The summed E-state index contributed by atoms with van der Waals surface area (Å²) in [4.78, 5) is 28.6. The second-order valence-corrected chi connectivity index (χ2v) is 9.28. The van der Waals surface area contributed by atoms with E-state index in [0.717, 1.165) is 37.9 Å². The van der Waals surface area contributed by atoms with E-state index in [4.69, 9.17) is 4.74 Å². The number of benzene rings is 3. The summed E-state index contributed by atoms with van der Waals surface area (Å²) < 4.78 is 4.71. The normalized spacial score (nSPS) is 12.5. The highest BCUT2D eigenvalue weighted by atomic mass is 16.5. The van der Waals surface area contributed by atoms with E-state index in [1.54, 1.807) is 12.1 Å². The highest BCUT2D eigenvalue weighted by Gasteiger charge is 2.19. The fraction of sp³-hybridized carbons (Fsp3) is 0.333. The van der Waals surface area contributed by atoms with Crippen molar-refractivity contribution in [1.82, 2.24) is 10.2 Å². The van der Waals surface area contributed by atoms with Gasteiger partial charge in [-0.15, -0.1) is 0 Å². The lowest BCUT2D eigenvalue weighted by atomic mass is 10.0. The van der Waals surface area contributed by atoms with Crippen LogP contribution in [0.3, 0.4) is 0 Å². The monoisotopic (exact) mass is 485 g/mol. The molecule has 1 heterocycles. The van der Waals surface area contributed by atoms with Crippen molar-refractivity contribution < 1.29 is 14.3 Å². The van der Waals surface area contributed by atoms with E-state index in [0.29, 0.717) is 25.1 Å². The zero-order valence-corrected chi connectivity index (χ0v) is 21.2. The standard InChI is InChI=1S/C30H35N3O3/c1-32(21-18-29(34)31-22-23-12-14-26(15-13-23)30(35)36-2)19-7-20-33-27-10-5-3-8-24(27)16-17-25-9-4-6-11-28(25)33/h3-6,8-15H,7,16-22H2,1-2H3,(H,31,34). The summed E-state index contributed by atoms with van der Waals surface area (Å²) in [5.41, 5.74) is 6.87. The summed E-state index contributed by atoms with van der Waals surface area (Å²) in [6.45, 7) is 3.01. The van der Waals surface area contributed by atoms with Gasteiger partial charge in [-0.05, 0) is 73.8 Å². The summed E-state index contributed by atoms with van der Waals surface area (Å²) in [5.74, 6) is -0.341. The zero-order valence-electron chi connectivity index (χ0n) is 21.2. The molecule has 1 N–H and O–H groups in total. The summed E-state index contributed by atoms with van der Waals surface area (Å²) >= 11 is 0. The Morgan fingerprint density at radius 2 is 1.50 bits per heavy atom. The minimum absolute atomic E-state index is 0.0225. The van der Waals surface area contributed by atoms with Crippen molar-refractivity contribution in [2.75, 3.05) is 38.7 Å². The highest BCUT2D eigenvalue weighted by molar-refractivity contribution is 5.89. The van der Waals surface area contributed by atoms with Gasteiger partial charge in [0.25, 0.3) is 0 Å². The van der Waals surface area contributed by atoms with Crippen molar-refractivity contribution in [3.05, 3.63) is 95.1 Å². The fourth-order valence-electron chi connectivity index (χ4n) is 4.68. The van der Waals surface area contributed by atoms with Crippen LogP contribution in [0.4, 0.5) is 11.4 Å². The largest absolute Gasteiger partial charge is 0.465 e. The molecule has 1 amide bonds. The minimum atomic E-state index is -0.363. The van der Waals surface area contributed by atoms with Crippen LogP contribution in [0.2, 0.25) is 0 Å². The van der Waals surface area contributed by atoms with Gasteiger partial charge in [0, 0.05) is 37.4 Å². The molecule has 0 fully saturated rings. The van der Waals surface area contributed by atoms with Gasteiger partial charge in [-0.2, -0.15) is 0 Å². The minimum Gasteiger partial charge on any atom is -0.465 e. The quantitative estimate of drug-likeness (QED) is 0.421. The summed E-state index contributed by atoms with van der Waals surface area (Å²) in [7, 11) is 3.43. The van der Waals surface area contributed by atoms with Crippen molar-refractivity contribution >= 4 is 23.3 Å². The molecule has 0 unspecified atom stereocenters. The number of para-hydroxylation sites is 2. The van der Waals surface area contributed by atoms with Crippen LogP contribution >= 0.6 is 0 Å². The molecule has 0 spiro atoms. The van der Waals surface area contributed by atoms with Crippen molar-refractivity contribution in [2.45, 2.75) is 32.2 Å². The Morgan fingerprint density at radius 1 is 0.889 bits per heavy atom. The van der Waals surface area contributed by atoms with Gasteiger partial charge in [-0.3, -0.25) is 4.79 Å². The number of hydrogen-bond donors (Lipinski definition) is 1. The molecule has 36 heavy (non-hydrogen) atoms. The lowest BCUT2D eigenvalue weighted by Gasteiger charge is -2.28. The summed E-state index contributed by atoms with van der Waals surface area (Å²) in [6.07, 6.45) is 3.59. The molecular weight excluding hydrogens is 450 g/mol. The number of carbonyl (C=O) groups excluding carboxylic acids is 2. The molecule has 1 aliphatic heterocycles. The van der Waals surface area contributed by atoms with E-state index in [1.807, 2.05) is 12.1 Å². The number of amides is 1. The first kappa shape index (κ1) is 25.5. The Kier molecular flexibility index (Phi) is 8.74. The topological polar surface area (TPSA) is 61.9 Å². The van der Waals surface area contributed by atoms with Gasteiger partial charge in [0.1, 0.15) is 0 Å². The van der Waals surface area contributed by atoms with Crippen molar-refractivity contribution in [3.8, 4) is 0 Å². The Balaban J connectivity index is 1.23. The molecule has 0 atom stereocenters. The van der Waals surface area contributed by atoms with Crippen LogP contribution in [0.5, 0.6) is 0 Å². The Hall–Kier alpha value is -3.64. The Bertz CT molecular complexity index is 1130. The molecule has 0 aliphatic carbocycles. The number of esters is 1. The Morgan fingerprint density at radius 3 is 2.11 bits per heavy atom. The van der Waals surface area contributed by atoms with E-state index in [9.17, 15) is 9.59 Å². The highest BCUT2D eigenvalue weighted by Crippen LogP contribution is 2.35. The van der Waals surface area contributed by atoms with E-state index >= 15 is 0 Å². The van der Waals surface area contributed by atoms with Gasteiger partial charge in [0.05, 0.1) is 12.7 Å². The molecule has 0 aromatic heterocycles. The number of hydrogen-bond acceptors (Lipinski definition) is 5. The third kappa shape index (κ3) is 6.52. The zero-order chi connectivity index (χ0) is 25.3. The first-order valence-electron chi connectivity index (χ1n) is 12.6. The first-order valence-corrected chi connectivity index (χ1v) is 12.6. The maximum Gasteiger partial charge on any atom is 0.337 e. The molecule has 4 rings (SSSR count). The number of carbonyl (C=O) groups is 2. The van der Waals surface area contributed by atoms with Gasteiger partial charge in [0.15, 0.2) is 0 Å². The Labute approximate surface area is 213 Å². The average Bonchev–Trinajstić information content (AvgIpc) is 3.07. The van der Waals surface area contributed by atoms with Gasteiger partial charge >= 0.3 is 5.97 Å². The van der Waals surface area contributed by atoms with Crippen LogP contribution in [-0.4, -0.2) is 50.6 Å². The first-order chi connectivity index (χ1) is 17.5. The van der Waals surface area contributed by atoms with Crippen LogP contribution in [0.25, 0.3) is 0 Å². The third-order valence-corrected chi connectivity index (χ3v) is 6.74. The summed E-state index contributed by atoms with van der Waals surface area (Å²) in [5, 5.41) is 2.96. The molecule has 0 bridgehead atoms. The molecule has 3 aromatic carbocycles. The van der Waals surface area contributed by atoms with Crippen LogP contribution in [0.15, 0.2) is 72.8 Å². The van der Waals surface area contributed by atoms with Gasteiger partial charge in [-0.25, -0.2) is 4.79 Å². The molecule has 1 aliphatic rings. The number of methoxy groups -OCH3 is 1. The van der Waals surface area contributed by atoms with Gasteiger partial charge in [0.2, 0.25) is 5.91 Å². The van der Waals surface area contributed by atoms with Crippen LogP contribution in [0, 0.1) is 0 Å². The van der Waals surface area contributed by atoms with Crippen LogP contribution < -0.4 is 10.2 Å². The predicted molar refractivity (Wildman–Crippen MR) is 144 cm³/mol. The fourth-order valence-corrected chi connectivity index (χ4v) is 4.68. The van der Waals surface area contributed by atoms with E-state index in [2.05, 4.69) is 70.7 Å². The smallest absolute Gasteiger partial charge is 0.337 e. The molecule has 0 saturated heterocycles. The number of nitrogens with one attached hydrogen (secondary N) is 1. The number of nitrogens with zero attached hydrogens (tertiary/aromatic N) is 2. The molecule has 188 valence electrons. The molecule has 3 aromatic rings. The predicted octanol–water partition coefficient (Wildman–Crippen LogP) is 4.74. The number of aryl methyl sites for hydroxylation is 2. The molecule has 0 radical (unpaired) electrons. The second-order valence-electron chi connectivity index (χ2n) is 9.28. The van der Waals surface area contributed by atoms with E-state index < -0.39 is 0 Å². The van der Waals surface area contributed by atoms with Crippen molar-refractivity contribution in [1.29, 1.82) is 0 Å². The van der Waals surface area contributed by atoms with Gasteiger partial charge in [-0.1, -0.05) is 48.5 Å². The maximum absolute atomic E-state index is 12.4. The average molecular weight is 486 g/mol.